The number of phenolic OH excluding ortho intramolecular Hbond substituents is 2. The number of nitrogens with zero attached hydrogens (tertiary/aromatic N) is 3. The first-order valence-corrected chi connectivity index (χ1v) is 11.6. The lowest BCUT2D eigenvalue weighted by Crippen LogP contribution is -2.26. The van der Waals surface area contributed by atoms with E-state index < -0.39 is 37.9 Å². The maximum absolute atomic E-state index is 14.4. The van der Waals surface area contributed by atoms with Crippen LogP contribution in [0, 0.1) is 5.82 Å². The highest BCUT2D eigenvalue weighted by Gasteiger charge is 2.28. The zero-order chi connectivity index (χ0) is 24.6. The van der Waals surface area contributed by atoms with Crippen molar-refractivity contribution in [2.45, 2.75) is 11.4 Å². The minimum Gasteiger partial charge on any atom is -0.507 e. The molecule has 0 aliphatic rings. The van der Waals surface area contributed by atoms with Gasteiger partial charge in [-0.3, -0.25) is 0 Å². The summed E-state index contributed by atoms with van der Waals surface area (Å²) in [5.41, 5.74) is -0.576. The molecule has 176 valence electrons. The number of sulfonamides is 1. The summed E-state index contributed by atoms with van der Waals surface area (Å²) >= 11 is 5.97. The summed E-state index contributed by atoms with van der Waals surface area (Å²) in [7, 11) is -2.97. The molecule has 0 saturated heterocycles. The van der Waals surface area contributed by atoms with Crippen LogP contribution in [0.3, 0.4) is 0 Å². The maximum atomic E-state index is 14.4. The third-order valence-electron chi connectivity index (χ3n) is 5.07. The van der Waals surface area contributed by atoms with Gasteiger partial charge in [-0.1, -0.05) is 35.9 Å². The Bertz CT molecular complexity index is 1550. The molecular weight excluding hydrogens is 487 g/mol. The minimum atomic E-state index is -4.28. The number of hydrogen-bond donors (Lipinski definition) is 3. The Labute approximate surface area is 198 Å². The summed E-state index contributed by atoms with van der Waals surface area (Å²) in [6.07, 6.45) is 0. The number of aromatic hydroxyl groups is 2. The van der Waals surface area contributed by atoms with Crippen LogP contribution in [0.2, 0.25) is 5.02 Å². The van der Waals surface area contributed by atoms with Gasteiger partial charge in [0.05, 0.1) is 11.3 Å². The predicted molar refractivity (Wildman–Crippen MR) is 123 cm³/mol. The smallest absolute Gasteiger partial charge is 0.348 e. The highest BCUT2D eigenvalue weighted by atomic mass is 35.5. The van der Waals surface area contributed by atoms with E-state index in [0.717, 1.165) is 27.1 Å². The van der Waals surface area contributed by atoms with E-state index in [9.17, 15) is 27.8 Å². The zero-order valence-electron chi connectivity index (χ0n) is 17.6. The van der Waals surface area contributed by atoms with Crippen molar-refractivity contribution in [3.05, 3.63) is 87.6 Å². The first-order chi connectivity index (χ1) is 16.1. The number of H-pyrrole nitrogens is 1. The second-order valence-corrected chi connectivity index (χ2v) is 9.82. The van der Waals surface area contributed by atoms with Crippen LogP contribution < -0.4 is 5.69 Å². The Morgan fingerprint density at radius 3 is 2.53 bits per heavy atom. The number of aromatic nitrogens is 3. The average molecular weight is 505 g/mol. The normalized spacial score (nSPS) is 11.8. The predicted octanol–water partition coefficient (Wildman–Crippen LogP) is 3.25. The fourth-order valence-electron chi connectivity index (χ4n) is 3.42. The molecule has 0 unspecified atom stereocenters. The van der Waals surface area contributed by atoms with E-state index in [1.54, 1.807) is 24.3 Å². The van der Waals surface area contributed by atoms with Crippen LogP contribution in [0.5, 0.6) is 11.5 Å². The van der Waals surface area contributed by atoms with Gasteiger partial charge in [0.1, 0.15) is 22.2 Å². The summed E-state index contributed by atoms with van der Waals surface area (Å²) in [4.78, 5) is 11.8. The summed E-state index contributed by atoms with van der Waals surface area (Å²) in [6.45, 7) is -0.0547. The number of aromatic amines is 1. The van der Waals surface area contributed by atoms with Crippen molar-refractivity contribution in [1.82, 2.24) is 19.1 Å². The summed E-state index contributed by atoms with van der Waals surface area (Å²) < 4.78 is 42.7. The Morgan fingerprint density at radius 1 is 1.09 bits per heavy atom. The van der Waals surface area contributed by atoms with E-state index >= 15 is 0 Å². The van der Waals surface area contributed by atoms with Crippen LogP contribution in [0.15, 0.2) is 70.4 Å². The number of nitrogens with one attached hydrogen (secondary N) is 1. The molecule has 4 aromatic rings. The molecule has 0 aliphatic heterocycles. The molecule has 0 amide bonds. The topological polar surface area (TPSA) is 129 Å². The van der Waals surface area contributed by atoms with E-state index in [4.69, 9.17) is 11.6 Å². The summed E-state index contributed by atoms with van der Waals surface area (Å²) in [5.74, 6) is -2.26. The Balaban J connectivity index is 1.82. The summed E-state index contributed by atoms with van der Waals surface area (Å²) in [5, 5.41) is 27.2. The molecule has 0 atom stereocenters. The van der Waals surface area contributed by atoms with Crippen molar-refractivity contribution in [2.75, 3.05) is 7.05 Å². The van der Waals surface area contributed by atoms with Crippen molar-refractivity contribution in [3.8, 4) is 28.6 Å². The van der Waals surface area contributed by atoms with Gasteiger partial charge < -0.3 is 10.2 Å². The second kappa shape index (κ2) is 8.93. The van der Waals surface area contributed by atoms with Gasteiger partial charge >= 0.3 is 5.69 Å². The van der Waals surface area contributed by atoms with E-state index in [1.165, 1.54) is 25.2 Å². The lowest BCUT2D eigenvalue weighted by atomic mass is 10.1. The molecule has 1 heterocycles. The van der Waals surface area contributed by atoms with Gasteiger partial charge in [-0.05, 0) is 35.9 Å². The van der Waals surface area contributed by atoms with Crippen LogP contribution >= 0.6 is 11.6 Å². The number of benzene rings is 3. The van der Waals surface area contributed by atoms with Crippen LogP contribution in [0.1, 0.15) is 5.56 Å². The van der Waals surface area contributed by atoms with Gasteiger partial charge in [-0.2, -0.15) is 9.40 Å². The van der Waals surface area contributed by atoms with Gasteiger partial charge in [0, 0.05) is 24.7 Å². The average Bonchev–Trinajstić information content (AvgIpc) is 3.15. The maximum Gasteiger partial charge on any atom is 0.348 e. The molecule has 9 nitrogen and oxygen atoms in total. The standard InChI is InChI=1S/C22H18ClFN4O5S/c1-27(12-13-5-4-6-14(23)9-13)34(32,33)20-10-15(18(29)11-19(20)30)21-25-26-22(31)28(21)17-8-3-2-7-16(17)24/h2-11,29-30H,12H2,1H3,(H,26,31). The zero-order valence-corrected chi connectivity index (χ0v) is 19.2. The van der Waals surface area contributed by atoms with E-state index in [1.807, 2.05) is 0 Å². The first-order valence-electron chi connectivity index (χ1n) is 9.79. The van der Waals surface area contributed by atoms with E-state index in [0.29, 0.717) is 10.6 Å². The van der Waals surface area contributed by atoms with Crippen LogP contribution in [0.25, 0.3) is 17.1 Å². The summed E-state index contributed by atoms with van der Waals surface area (Å²) in [6, 6.07) is 13.8. The minimum absolute atomic E-state index is 0.0547. The van der Waals surface area contributed by atoms with Gasteiger partial charge in [0.15, 0.2) is 5.82 Å². The quantitative estimate of drug-likeness (QED) is 0.370. The molecule has 12 heteroatoms. The first kappa shape index (κ1) is 23.5. The lowest BCUT2D eigenvalue weighted by molar-refractivity contribution is 0.430. The molecule has 0 bridgehead atoms. The molecule has 3 N–H and O–H groups in total. The van der Waals surface area contributed by atoms with Gasteiger partial charge in [0.25, 0.3) is 0 Å². The van der Waals surface area contributed by atoms with Crippen LogP contribution in [0.4, 0.5) is 4.39 Å². The fraction of sp³-hybridized carbons (Fsp3) is 0.0909. The van der Waals surface area contributed by atoms with Crippen LogP contribution in [-0.2, 0) is 16.6 Å². The van der Waals surface area contributed by atoms with Gasteiger partial charge in [0.2, 0.25) is 10.0 Å². The van der Waals surface area contributed by atoms with Crippen molar-refractivity contribution < 1.29 is 23.0 Å². The van der Waals surface area contributed by atoms with Crippen molar-refractivity contribution >= 4 is 21.6 Å². The van der Waals surface area contributed by atoms with Crippen molar-refractivity contribution in [2.24, 2.45) is 0 Å². The Kier molecular flexibility index (Phi) is 6.17. The number of halogens is 2. The molecule has 0 radical (unpaired) electrons. The number of para-hydroxylation sites is 1. The highest BCUT2D eigenvalue weighted by Crippen LogP contribution is 2.37. The molecule has 0 aliphatic carbocycles. The largest absolute Gasteiger partial charge is 0.507 e. The Morgan fingerprint density at radius 2 is 1.82 bits per heavy atom. The lowest BCUT2D eigenvalue weighted by Gasteiger charge is -2.19. The third kappa shape index (κ3) is 4.28. The molecule has 0 fully saturated rings. The molecule has 3 aromatic carbocycles. The van der Waals surface area contributed by atoms with E-state index in [2.05, 4.69) is 10.2 Å². The second-order valence-electron chi connectivity index (χ2n) is 7.37. The molecular formula is C22H18ClFN4O5S. The molecule has 34 heavy (non-hydrogen) atoms. The van der Waals surface area contributed by atoms with Crippen molar-refractivity contribution in [1.29, 1.82) is 0 Å². The SMILES string of the molecule is CN(Cc1cccc(Cl)c1)S(=O)(=O)c1cc(-c2n[nH]c(=O)n2-c2ccccc2F)c(O)cc1O. The van der Waals surface area contributed by atoms with Gasteiger partial charge in [-0.25, -0.2) is 27.3 Å². The molecule has 0 saturated carbocycles. The highest BCUT2D eigenvalue weighted by molar-refractivity contribution is 7.89. The number of rotatable bonds is 6. The molecule has 0 spiro atoms. The fourth-order valence-corrected chi connectivity index (χ4v) is 4.88. The van der Waals surface area contributed by atoms with Crippen molar-refractivity contribution in [3.63, 3.8) is 0 Å². The third-order valence-corrected chi connectivity index (χ3v) is 7.13. The van der Waals surface area contributed by atoms with Crippen LogP contribution in [-0.4, -0.2) is 44.7 Å². The molecule has 4 rings (SSSR count). The number of phenols is 2. The number of hydrogen-bond acceptors (Lipinski definition) is 6. The van der Waals surface area contributed by atoms with E-state index in [-0.39, 0.29) is 23.6 Å². The van der Waals surface area contributed by atoms with Gasteiger partial charge in [-0.15, -0.1) is 0 Å². The molecule has 1 aromatic heterocycles. The monoisotopic (exact) mass is 504 g/mol. The Hall–Kier alpha value is -3.67.